The van der Waals surface area contributed by atoms with E-state index in [2.05, 4.69) is 5.32 Å². The fraction of sp³-hybridized carbons (Fsp3) is 0.0667. The number of nitrogens with zero attached hydrogens (tertiary/aromatic N) is 1. The molecule has 2 rings (SSSR count). The Labute approximate surface area is 135 Å². The minimum Gasteiger partial charge on any atom is -0.483 e. The summed E-state index contributed by atoms with van der Waals surface area (Å²) in [6.07, 6.45) is 0. The van der Waals surface area contributed by atoms with Gasteiger partial charge in [0.15, 0.2) is 6.61 Å². The number of primary amides is 1. The molecule has 0 bridgehead atoms. The summed E-state index contributed by atoms with van der Waals surface area (Å²) in [7, 11) is 0. The van der Waals surface area contributed by atoms with Gasteiger partial charge in [0.05, 0.1) is 16.2 Å². The molecule has 0 spiro atoms. The van der Waals surface area contributed by atoms with Crippen LogP contribution in [0.5, 0.6) is 5.75 Å². The lowest BCUT2D eigenvalue weighted by atomic mass is 10.2. The largest absolute Gasteiger partial charge is 0.483 e. The third-order valence-electron chi connectivity index (χ3n) is 2.95. The number of nitro benzene ring substituents is 1. The number of halogens is 1. The van der Waals surface area contributed by atoms with Crippen LogP contribution in [0.1, 0.15) is 10.4 Å². The molecule has 0 saturated heterocycles. The second kappa shape index (κ2) is 7.18. The number of ether oxygens (including phenoxy) is 1. The molecule has 0 heterocycles. The molecule has 124 valence electrons. The molecule has 2 amide bonds. The number of hydrogen-bond acceptors (Lipinski definition) is 5. The molecule has 3 N–H and O–H groups in total. The average molecular weight is 333 g/mol. The number of nitro groups is 1. The maximum absolute atomic E-state index is 13.6. The monoisotopic (exact) mass is 333 g/mol. The Bertz CT molecular complexity index is 809. The number of rotatable bonds is 6. The molecule has 0 radical (unpaired) electrons. The fourth-order valence-electron chi connectivity index (χ4n) is 1.85. The van der Waals surface area contributed by atoms with Crippen LogP contribution in [0.15, 0.2) is 42.5 Å². The van der Waals surface area contributed by atoms with E-state index in [1.807, 2.05) is 0 Å². The van der Waals surface area contributed by atoms with Crippen molar-refractivity contribution < 1.29 is 23.6 Å². The summed E-state index contributed by atoms with van der Waals surface area (Å²) in [5, 5.41) is 12.8. The number of benzene rings is 2. The number of carbonyl (C=O) groups is 2. The first-order valence-electron chi connectivity index (χ1n) is 6.64. The smallest absolute Gasteiger partial charge is 0.271 e. The summed E-state index contributed by atoms with van der Waals surface area (Å²) < 4.78 is 18.8. The fourth-order valence-corrected chi connectivity index (χ4v) is 1.85. The lowest BCUT2D eigenvalue weighted by Crippen LogP contribution is -2.22. The van der Waals surface area contributed by atoms with Crippen LogP contribution in [-0.4, -0.2) is 23.3 Å². The number of amides is 2. The summed E-state index contributed by atoms with van der Waals surface area (Å²) in [5.74, 6) is -2.21. The predicted molar refractivity (Wildman–Crippen MR) is 82.1 cm³/mol. The van der Waals surface area contributed by atoms with E-state index < -0.39 is 29.2 Å². The first kappa shape index (κ1) is 16.9. The first-order chi connectivity index (χ1) is 11.4. The van der Waals surface area contributed by atoms with Crippen LogP contribution in [0.4, 0.5) is 15.8 Å². The van der Waals surface area contributed by atoms with Gasteiger partial charge in [0.2, 0.25) is 0 Å². The van der Waals surface area contributed by atoms with Crippen molar-refractivity contribution in [3.05, 3.63) is 64.0 Å². The lowest BCUT2D eigenvalue weighted by Gasteiger charge is -2.10. The molecule has 0 aromatic heterocycles. The Balaban J connectivity index is 2.06. The number of hydrogen-bond donors (Lipinski definition) is 2. The third kappa shape index (κ3) is 4.03. The van der Waals surface area contributed by atoms with Crippen LogP contribution in [0.3, 0.4) is 0 Å². The third-order valence-corrected chi connectivity index (χ3v) is 2.95. The quantitative estimate of drug-likeness (QED) is 0.616. The van der Waals surface area contributed by atoms with Gasteiger partial charge < -0.3 is 15.8 Å². The highest BCUT2D eigenvalue weighted by Crippen LogP contribution is 2.21. The molecule has 2 aromatic carbocycles. The highest BCUT2D eigenvalue weighted by molar-refractivity contribution is 5.96. The second-order valence-corrected chi connectivity index (χ2v) is 4.62. The van der Waals surface area contributed by atoms with Gasteiger partial charge in [-0.1, -0.05) is 12.1 Å². The normalized spacial score (nSPS) is 10.0. The maximum atomic E-state index is 13.6. The summed E-state index contributed by atoms with van der Waals surface area (Å²) in [6.45, 7) is -0.535. The Hall–Kier alpha value is -3.49. The molecular formula is C15H12FN3O5. The zero-order valence-corrected chi connectivity index (χ0v) is 12.2. The molecular weight excluding hydrogens is 321 g/mol. The second-order valence-electron chi connectivity index (χ2n) is 4.62. The van der Waals surface area contributed by atoms with Crippen molar-refractivity contribution in [3.63, 3.8) is 0 Å². The minimum absolute atomic E-state index is 0.0897. The summed E-state index contributed by atoms with van der Waals surface area (Å²) in [4.78, 5) is 33.0. The van der Waals surface area contributed by atoms with E-state index in [0.717, 1.165) is 18.2 Å². The Morgan fingerprint density at radius 1 is 1.25 bits per heavy atom. The van der Waals surface area contributed by atoms with Gasteiger partial charge >= 0.3 is 0 Å². The van der Waals surface area contributed by atoms with Crippen molar-refractivity contribution in [2.45, 2.75) is 0 Å². The number of non-ortho nitro benzene ring substituents is 1. The van der Waals surface area contributed by atoms with E-state index in [-0.39, 0.29) is 22.7 Å². The number of anilines is 1. The van der Waals surface area contributed by atoms with Gasteiger partial charge in [0.1, 0.15) is 11.6 Å². The van der Waals surface area contributed by atoms with E-state index in [4.69, 9.17) is 10.5 Å². The van der Waals surface area contributed by atoms with Gasteiger partial charge in [-0.3, -0.25) is 19.7 Å². The van der Waals surface area contributed by atoms with Crippen molar-refractivity contribution in [3.8, 4) is 5.75 Å². The Morgan fingerprint density at radius 3 is 2.62 bits per heavy atom. The zero-order valence-electron chi connectivity index (χ0n) is 12.2. The molecule has 24 heavy (non-hydrogen) atoms. The average Bonchev–Trinajstić information content (AvgIpc) is 2.55. The molecule has 9 heteroatoms. The highest BCUT2D eigenvalue weighted by atomic mass is 19.1. The van der Waals surface area contributed by atoms with Crippen molar-refractivity contribution >= 4 is 23.2 Å². The van der Waals surface area contributed by atoms with Crippen LogP contribution in [0.2, 0.25) is 0 Å². The summed E-state index contributed by atoms with van der Waals surface area (Å²) in [5.41, 5.74) is 4.55. The molecule has 0 saturated carbocycles. The molecule has 0 aliphatic heterocycles. The molecule has 0 unspecified atom stereocenters. The lowest BCUT2D eigenvalue weighted by molar-refractivity contribution is -0.384. The van der Waals surface area contributed by atoms with Crippen molar-refractivity contribution in [2.24, 2.45) is 5.73 Å². The van der Waals surface area contributed by atoms with Crippen molar-refractivity contribution in [1.82, 2.24) is 0 Å². The van der Waals surface area contributed by atoms with E-state index in [1.54, 1.807) is 12.1 Å². The van der Waals surface area contributed by atoms with E-state index >= 15 is 0 Å². The van der Waals surface area contributed by atoms with Gasteiger partial charge in [-0.25, -0.2) is 4.39 Å². The van der Waals surface area contributed by atoms with Gasteiger partial charge in [-0.15, -0.1) is 0 Å². The Morgan fingerprint density at radius 2 is 1.96 bits per heavy atom. The molecule has 8 nitrogen and oxygen atoms in total. The standard InChI is InChI=1S/C15H12FN3O5/c16-11-6-5-9(19(22)23)7-12(11)18-14(20)8-24-13-4-2-1-3-10(13)15(17)21/h1-7H,8H2,(H2,17,21)(H,18,20). The van der Waals surface area contributed by atoms with Crippen LogP contribution in [0, 0.1) is 15.9 Å². The number of nitrogens with one attached hydrogen (secondary N) is 1. The van der Waals surface area contributed by atoms with E-state index in [9.17, 15) is 24.1 Å². The van der Waals surface area contributed by atoms with Crippen LogP contribution in [-0.2, 0) is 4.79 Å². The summed E-state index contributed by atoms with van der Waals surface area (Å²) in [6, 6.07) is 8.77. The maximum Gasteiger partial charge on any atom is 0.271 e. The van der Waals surface area contributed by atoms with Crippen LogP contribution >= 0.6 is 0 Å². The van der Waals surface area contributed by atoms with E-state index in [1.165, 1.54) is 12.1 Å². The highest BCUT2D eigenvalue weighted by Gasteiger charge is 2.14. The van der Waals surface area contributed by atoms with Gasteiger partial charge in [0.25, 0.3) is 17.5 Å². The van der Waals surface area contributed by atoms with Crippen molar-refractivity contribution in [1.29, 1.82) is 0 Å². The number of nitrogens with two attached hydrogens (primary N) is 1. The molecule has 0 aliphatic carbocycles. The van der Waals surface area contributed by atoms with Gasteiger partial charge in [-0.05, 0) is 18.2 Å². The van der Waals surface area contributed by atoms with Gasteiger partial charge in [0, 0.05) is 12.1 Å². The number of carbonyl (C=O) groups excluding carboxylic acids is 2. The van der Waals surface area contributed by atoms with Crippen molar-refractivity contribution in [2.75, 3.05) is 11.9 Å². The topological polar surface area (TPSA) is 125 Å². The SMILES string of the molecule is NC(=O)c1ccccc1OCC(=O)Nc1cc([N+](=O)[O-])ccc1F. The van der Waals surface area contributed by atoms with Gasteiger partial charge in [-0.2, -0.15) is 0 Å². The van der Waals surface area contributed by atoms with Crippen LogP contribution < -0.4 is 15.8 Å². The first-order valence-corrected chi connectivity index (χ1v) is 6.64. The van der Waals surface area contributed by atoms with E-state index in [0.29, 0.717) is 0 Å². The van der Waals surface area contributed by atoms with Crippen LogP contribution in [0.25, 0.3) is 0 Å². The predicted octanol–water partition coefficient (Wildman–Crippen LogP) is 1.85. The number of para-hydroxylation sites is 1. The molecule has 2 aromatic rings. The molecule has 0 atom stereocenters. The minimum atomic E-state index is -0.827. The molecule has 0 aliphatic rings. The Kier molecular flexibility index (Phi) is 5.05. The molecule has 0 fully saturated rings. The zero-order chi connectivity index (χ0) is 17.7. The summed E-state index contributed by atoms with van der Waals surface area (Å²) >= 11 is 0.